The van der Waals surface area contributed by atoms with Crippen LogP contribution in [0, 0.1) is 11.3 Å². The summed E-state index contributed by atoms with van der Waals surface area (Å²) in [6.07, 6.45) is -1.04. The van der Waals surface area contributed by atoms with Crippen molar-refractivity contribution in [3.63, 3.8) is 0 Å². The lowest BCUT2D eigenvalue weighted by molar-refractivity contribution is -0.157. The van der Waals surface area contributed by atoms with Gasteiger partial charge in [-0.05, 0) is 29.3 Å². The van der Waals surface area contributed by atoms with Gasteiger partial charge in [-0.15, -0.1) is 0 Å². The number of aromatic nitrogens is 1. The van der Waals surface area contributed by atoms with Crippen LogP contribution >= 0.6 is 11.3 Å². The zero-order valence-corrected chi connectivity index (χ0v) is 24.7. The molecule has 2 aliphatic rings. The van der Waals surface area contributed by atoms with E-state index in [4.69, 9.17) is 10.5 Å². The number of fused-ring (bicyclic) bond motifs is 2. The zero-order chi connectivity index (χ0) is 30.8. The molecule has 224 valence electrons. The number of amides is 5. The standard InChI is InChI=1S/C28H31N9O5S/c1-31-27(40)35(12-11-29)36-16-23(38)37-20(13-17-7-9-19(10-8-17)42-28(41)33(2)3)25(39)34(15-22(36)37)14-18-5-4-6-21-24(18)32-26(30)43-21/h4-10,20,22H,12-16H2,1-3H3,(H2,30,32)(H,31,40)/t20-,22+/m0/s1. The van der Waals surface area contributed by atoms with Crippen LogP contribution in [-0.4, -0.2) is 107 Å². The first kappa shape index (κ1) is 29.5. The first-order chi connectivity index (χ1) is 20.6. The fraction of sp³-hybridized carbons (Fsp3) is 0.357. The zero-order valence-electron chi connectivity index (χ0n) is 23.9. The quantitative estimate of drug-likeness (QED) is 0.379. The van der Waals surface area contributed by atoms with Crippen LogP contribution in [0.4, 0.5) is 14.7 Å². The Morgan fingerprint density at radius 1 is 1.21 bits per heavy atom. The molecule has 5 rings (SSSR count). The van der Waals surface area contributed by atoms with Crippen LogP contribution in [0.1, 0.15) is 11.1 Å². The van der Waals surface area contributed by atoms with Crippen molar-refractivity contribution in [3.8, 4) is 11.8 Å². The third-order valence-corrected chi connectivity index (χ3v) is 8.20. The largest absolute Gasteiger partial charge is 0.414 e. The molecular weight excluding hydrogens is 574 g/mol. The van der Waals surface area contributed by atoms with E-state index in [9.17, 15) is 24.4 Å². The number of hydrazine groups is 1. The SMILES string of the molecule is CNC(=O)N(CC#N)N1CC(=O)N2[C@@H](Cc3ccc(OC(=O)N(C)C)cc3)C(=O)N(Cc3cccc4sc(N)nc34)C[C@@H]21. The van der Waals surface area contributed by atoms with E-state index in [2.05, 4.69) is 10.3 Å². The van der Waals surface area contributed by atoms with Gasteiger partial charge >= 0.3 is 12.1 Å². The topological polar surface area (TPSA) is 168 Å². The molecule has 3 N–H and O–H groups in total. The summed E-state index contributed by atoms with van der Waals surface area (Å²) in [5.74, 6) is -0.254. The van der Waals surface area contributed by atoms with Gasteiger partial charge in [-0.25, -0.2) is 19.6 Å². The van der Waals surface area contributed by atoms with Gasteiger partial charge in [-0.1, -0.05) is 35.6 Å². The number of anilines is 1. The molecule has 2 fully saturated rings. The third kappa shape index (κ3) is 5.87. The molecule has 0 bridgehead atoms. The van der Waals surface area contributed by atoms with Crippen LogP contribution in [0.3, 0.4) is 0 Å². The highest BCUT2D eigenvalue weighted by atomic mass is 32.1. The van der Waals surface area contributed by atoms with Crippen molar-refractivity contribution in [1.29, 1.82) is 5.26 Å². The minimum absolute atomic E-state index is 0.107. The van der Waals surface area contributed by atoms with Crippen LogP contribution in [0.5, 0.6) is 5.75 Å². The van der Waals surface area contributed by atoms with Crippen LogP contribution in [0.15, 0.2) is 42.5 Å². The summed E-state index contributed by atoms with van der Waals surface area (Å²) in [4.78, 5) is 61.1. The van der Waals surface area contributed by atoms with Gasteiger partial charge in [0.15, 0.2) is 5.13 Å². The van der Waals surface area contributed by atoms with Gasteiger partial charge < -0.3 is 30.5 Å². The number of urea groups is 1. The number of para-hydroxylation sites is 1. The molecule has 0 aliphatic carbocycles. The average molecular weight is 606 g/mol. The summed E-state index contributed by atoms with van der Waals surface area (Å²) in [5, 5.41) is 15.1. The number of nitrogens with one attached hydrogen (secondary N) is 1. The van der Waals surface area contributed by atoms with Gasteiger partial charge in [-0.2, -0.15) is 10.3 Å². The predicted octanol–water partition coefficient (Wildman–Crippen LogP) is 1.44. The van der Waals surface area contributed by atoms with Gasteiger partial charge in [-0.3, -0.25) is 9.59 Å². The Bertz CT molecular complexity index is 1600. The van der Waals surface area contributed by atoms with E-state index in [0.29, 0.717) is 16.4 Å². The molecule has 3 aromatic rings. The van der Waals surface area contributed by atoms with Crippen molar-refractivity contribution < 1.29 is 23.9 Å². The second-order valence-electron chi connectivity index (χ2n) is 10.3. The van der Waals surface area contributed by atoms with Crippen molar-refractivity contribution in [2.75, 3.05) is 46.5 Å². The van der Waals surface area contributed by atoms with Crippen molar-refractivity contribution in [1.82, 2.24) is 35.0 Å². The molecule has 2 aromatic carbocycles. The number of nitrogen functional groups attached to an aromatic ring is 1. The second kappa shape index (κ2) is 12.1. The maximum Gasteiger partial charge on any atom is 0.414 e. The summed E-state index contributed by atoms with van der Waals surface area (Å²) < 4.78 is 6.20. The maximum absolute atomic E-state index is 14.1. The highest BCUT2D eigenvalue weighted by molar-refractivity contribution is 7.22. The Balaban J connectivity index is 1.48. The highest BCUT2D eigenvalue weighted by Crippen LogP contribution is 2.32. The van der Waals surface area contributed by atoms with E-state index < -0.39 is 24.3 Å². The van der Waals surface area contributed by atoms with E-state index in [1.54, 1.807) is 48.3 Å². The minimum atomic E-state index is -0.889. The molecule has 43 heavy (non-hydrogen) atoms. The third-order valence-electron chi connectivity index (χ3n) is 7.35. The van der Waals surface area contributed by atoms with Crippen molar-refractivity contribution in [2.45, 2.75) is 25.2 Å². The maximum atomic E-state index is 14.1. The number of nitriles is 1. The monoisotopic (exact) mass is 605 g/mol. The van der Waals surface area contributed by atoms with E-state index in [0.717, 1.165) is 15.8 Å². The predicted molar refractivity (Wildman–Crippen MR) is 157 cm³/mol. The number of thiazole rings is 1. The van der Waals surface area contributed by atoms with Crippen molar-refractivity contribution >= 4 is 50.6 Å². The molecule has 0 saturated carbocycles. The van der Waals surface area contributed by atoms with Crippen molar-refractivity contribution in [2.24, 2.45) is 0 Å². The molecule has 2 saturated heterocycles. The van der Waals surface area contributed by atoms with Gasteiger partial charge in [0.25, 0.3) is 0 Å². The van der Waals surface area contributed by atoms with Gasteiger partial charge in [0.05, 0.1) is 29.4 Å². The summed E-state index contributed by atoms with van der Waals surface area (Å²) >= 11 is 1.36. The van der Waals surface area contributed by atoms with Gasteiger partial charge in [0.2, 0.25) is 11.8 Å². The summed E-state index contributed by atoms with van der Waals surface area (Å²) in [6.45, 7) is -0.134. The first-order valence-corrected chi connectivity index (χ1v) is 14.3. The first-order valence-electron chi connectivity index (χ1n) is 13.5. The molecule has 14 nitrogen and oxygen atoms in total. The van der Waals surface area contributed by atoms with E-state index >= 15 is 0 Å². The van der Waals surface area contributed by atoms with Crippen LogP contribution in [0.25, 0.3) is 10.2 Å². The molecule has 2 atom stereocenters. The number of piperazine rings is 1. The minimum Gasteiger partial charge on any atom is -0.410 e. The van der Waals surface area contributed by atoms with Crippen molar-refractivity contribution in [3.05, 3.63) is 53.6 Å². The molecular formula is C28H31N9O5S. The number of rotatable bonds is 7. The number of nitrogens with zero attached hydrogens (tertiary/aromatic N) is 7. The molecule has 0 radical (unpaired) electrons. The normalized spacial score (nSPS) is 18.4. The summed E-state index contributed by atoms with van der Waals surface area (Å²) in [7, 11) is 4.60. The molecule has 2 aliphatic heterocycles. The smallest absolute Gasteiger partial charge is 0.410 e. The lowest BCUT2D eigenvalue weighted by Crippen LogP contribution is -2.66. The Morgan fingerprint density at radius 3 is 2.63 bits per heavy atom. The van der Waals surface area contributed by atoms with Gasteiger partial charge in [0, 0.05) is 34.1 Å². The lowest BCUT2D eigenvalue weighted by atomic mass is 9.99. The molecule has 0 unspecified atom stereocenters. The van der Waals surface area contributed by atoms with Crippen LogP contribution in [-0.2, 0) is 22.6 Å². The highest BCUT2D eigenvalue weighted by Gasteiger charge is 2.52. The molecule has 3 heterocycles. The lowest BCUT2D eigenvalue weighted by Gasteiger charge is -2.46. The fourth-order valence-corrected chi connectivity index (χ4v) is 6.11. The average Bonchev–Trinajstić information content (AvgIpc) is 3.53. The Labute approximate surface area is 251 Å². The Morgan fingerprint density at radius 2 is 1.95 bits per heavy atom. The van der Waals surface area contributed by atoms with Gasteiger partial charge in [0.1, 0.15) is 24.5 Å². The Hall–Kier alpha value is -4.94. The summed E-state index contributed by atoms with van der Waals surface area (Å²) in [6, 6.07) is 13.0. The number of carbonyl (C=O) groups excluding carboxylic acids is 4. The van der Waals surface area contributed by atoms with E-state index in [1.807, 2.05) is 24.3 Å². The number of hydrogen-bond acceptors (Lipinski definition) is 10. The number of carbonyl (C=O) groups is 4. The number of ether oxygens (including phenoxy) is 1. The molecule has 0 spiro atoms. The molecule has 1 aromatic heterocycles. The molecule has 15 heteroatoms. The van der Waals surface area contributed by atoms with E-state index in [1.165, 1.54) is 33.2 Å². The number of nitrogens with two attached hydrogens (primary N) is 1. The fourth-order valence-electron chi connectivity index (χ4n) is 5.33. The van der Waals surface area contributed by atoms with Crippen LogP contribution < -0.4 is 15.8 Å². The summed E-state index contributed by atoms with van der Waals surface area (Å²) in [5.41, 5.74) is 8.21. The number of hydrogen-bond donors (Lipinski definition) is 2. The van der Waals surface area contributed by atoms with Crippen LogP contribution in [0.2, 0.25) is 0 Å². The number of benzene rings is 2. The second-order valence-corrected chi connectivity index (χ2v) is 11.4. The van der Waals surface area contributed by atoms with E-state index in [-0.39, 0.29) is 44.4 Å². The molecule has 5 amide bonds. The Kier molecular flexibility index (Phi) is 8.33.